The third-order valence-electron chi connectivity index (χ3n) is 4.08. The van der Waals surface area contributed by atoms with Gasteiger partial charge in [0.25, 0.3) is 0 Å². The van der Waals surface area contributed by atoms with Crippen molar-refractivity contribution in [3.8, 4) is 0 Å². The van der Waals surface area contributed by atoms with E-state index in [1.54, 1.807) is 0 Å². The van der Waals surface area contributed by atoms with Crippen LogP contribution in [0.1, 0.15) is 53.8 Å². The van der Waals surface area contributed by atoms with Crippen molar-refractivity contribution in [3.05, 3.63) is 81.0 Å². The molecule has 0 aliphatic heterocycles. The van der Waals surface area contributed by atoms with Gasteiger partial charge < -0.3 is 4.42 Å². The first kappa shape index (κ1) is 17.6. The second-order valence-electron chi connectivity index (χ2n) is 6.41. The number of aromatic nitrogens is 2. The average Bonchev–Trinajstić information content (AvgIpc) is 3.04. The molecule has 0 unspecified atom stereocenters. The van der Waals surface area contributed by atoms with Gasteiger partial charge in [0.15, 0.2) is 0 Å². The summed E-state index contributed by atoms with van der Waals surface area (Å²) >= 11 is 3.52. The summed E-state index contributed by atoms with van der Waals surface area (Å²) in [5.41, 5.74) is 4.84. The van der Waals surface area contributed by atoms with E-state index < -0.39 is 0 Å². The van der Waals surface area contributed by atoms with Gasteiger partial charge in [0, 0.05) is 10.5 Å². The van der Waals surface area contributed by atoms with Crippen molar-refractivity contribution in [2.24, 2.45) is 0 Å². The van der Waals surface area contributed by atoms with Crippen molar-refractivity contribution in [2.75, 3.05) is 0 Å². The van der Waals surface area contributed by atoms with Crippen LogP contribution in [0, 0.1) is 6.92 Å². The van der Waals surface area contributed by atoms with Gasteiger partial charge in [-0.3, -0.25) is 0 Å². The smallest absolute Gasteiger partial charge is 0.240 e. The topological polar surface area (TPSA) is 38.9 Å². The van der Waals surface area contributed by atoms with Crippen LogP contribution in [0.15, 0.2) is 51.4 Å². The van der Waals surface area contributed by atoms with E-state index in [0.29, 0.717) is 24.1 Å². The molecular weight excluding hydrogens is 376 g/mol. The maximum absolute atomic E-state index is 5.76. The van der Waals surface area contributed by atoms with Crippen LogP contribution in [0.4, 0.5) is 0 Å². The molecule has 3 nitrogen and oxygen atoms in total. The van der Waals surface area contributed by atoms with Crippen LogP contribution >= 0.6 is 15.9 Å². The van der Waals surface area contributed by atoms with E-state index in [9.17, 15) is 0 Å². The van der Waals surface area contributed by atoms with Gasteiger partial charge in [0.05, 0.1) is 6.42 Å². The van der Waals surface area contributed by atoms with E-state index in [0.717, 1.165) is 10.0 Å². The highest BCUT2D eigenvalue weighted by Crippen LogP contribution is 2.22. The Morgan fingerprint density at radius 3 is 2.64 bits per heavy atom. The van der Waals surface area contributed by atoms with Crippen molar-refractivity contribution in [2.45, 2.75) is 33.1 Å². The number of benzene rings is 2. The molecule has 1 heterocycles. The predicted molar refractivity (Wildman–Crippen MR) is 105 cm³/mol. The van der Waals surface area contributed by atoms with Crippen LogP contribution in [0.5, 0.6) is 0 Å². The number of nitrogens with zero attached hydrogens (tertiary/aromatic N) is 2. The number of aryl methyl sites for hydroxylation is 1. The molecule has 4 heteroatoms. The normalized spacial score (nSPS) is 11.6. The third-order valence-corrected chi connectivity index (χ3v) is 4.97. The number of hydrogen-bond donors (Lipinski definition) is 0. The number of halogens is 1. The molecule has 0 atom stereocenters. The van der Waals surface area contributed by atoms with Crippen LogP contribution in [-0.4, -0.2) is 10.2 Å². The van der Waals surface area contributed by atoms with Gasteiger partial charge in [-0.2, -0.15) is 0 Å². The Balaban J connectivity index is 1.74. The molecule has 0 fully saturated rings. The fourth-order valence-corrected chi connectivity index (χ4v) is 2.99. The third kappa shape index (κ3) is 4.45. The van der Waals surface area contributed by atoms with E-state index in [1.165, 1.54) is 16.7 Å². The Bertz CT molecular complexity index is 896. The van der Waals surface area contributed by atoms with Gasteiger partial charge in [-0.1, -0.05) is 66.2 Å². The largest absolute Gasteiger partial charge is 0.421 e. The lowest BCUT2D eigenvalue weighted by Gasteiger charge is -2.08. The summed E-state index contributed by atoms with van der Waals surface area (Å²) in [7, 11) is 0. The molecule has 3 aromatic rings. The van der Waals surface area contributed by atoms with Gasteiger partial charge in [-0.25, -0.2) is 0 Å². The Labute approximate surface area is 156 Å². The maximum Gasteiger partial charge on any atom is 0.240 e. The summed E-state index contributed by atoms with van der Waals surface area (Å²) in [6, 6.07) is 14.6. The molecule has 0 amide bonds. The number of rotatable bonds is 5. The highest BCUT2D eigenvalue weighted by Gasteiger charge is 2.07. The fourth-order valence-electron chi connectivity index (χ4n) is 2.75. The molecule has 0 spiro atoms. The van der Waals surface area contributed by atoms with Crippen molar-refractivity contribution in [3.63, 3.8) is 0 Å². The fraction of sp³-hybridized carbons (Fsp3) is 0.238. The molecule has 1 aromatic heterocycles. The first-order chi connectivity index (χ1) is 12.0. The molecule has 0 saturated carbocycles. The van der Waals surface area contributed by atoms with Crippen LogP contribution in [0.2, 0.25) is 0 Å². The summed E-state index contributed by atoms with van der Waals surface area (Å²) in [5.74, 6) is 1.63. The molecular formula is C21H21BrN2O. The van der Waals surface area contributed by atoms with E-state index >= 15 is 0 Å². The quantitative estimate of drug-likeness (QED) is 0.528. The minimum absolute atomic E-state index is 0.472. The predicted octanol–water partition coefficient (Wildman–Crippen LogP) is 6.03. The molecule has 2 aromatic carbocycles. The first-order valence-electron chi connectivity index (χ1n) is 8.37. The van der Waals surface area contributed by atoms with Crippen LogP contribution in [0.25, 0.3) is 12.2 Å². The Kier molecular flexibility index (Phi) is 5.49. The molecule has 0 bridgehead atoms. The average molecular weight is 397 g/mol. The van der Waals surface area contributed by atoms with Crippen LogP contribution < -0.4 is 0 Å². The zero-order valence-electron chi connectivity index (χ0n) is 14.7. The standard InChI is InChI=1S/C21H21BrN2O/c1-14(2)18-7-5-4-6-17(18)9-11-20-23-24-21(25-20)13-16-8-10-19(22)15(3)12-16/h4-12,14H,13H2,1-3H3/b11-9+. The lowest BCUT2D eigenvalue weighted by molar-refractivity contribution is 0.496. The SMILES string of the molecule is Cc1cc(Cc2nnc(/C=C/c3ccccc3C(C)C)o2)ccc1Br. The Morgan fingerprint density at radius 2 is 1.88 bits per heavy atom. The zero-order valence-corrected chi connectivity index (χ0v) is 16.2. The summed E-state index contributed by atoms with van der Waals surface area (Å²) in [4.78, 5) is 0. The van der Waals surface area contributed by atoms with E-state index in [1.807, 2.05) is 24.3 Å². The molecule has 0 aliphatic rings. The molecule has 0 radical (unpaired) electrons. The highest BCUT2D eigenvalue weighted by molar-refractivity contribution is 9.10. The minimum Gasteiger partial charge on any atom is -0.421 e. The second kappa shape index (κ2) is 7.79. The molecule has 0 aliphatic carbocycles. The second-order valence-corrected chi connectivity index (χ2v) is 7.27. The molecule has 0 saturated heterocycles. The van der Waals surface area contributed by atoms with Gasteiger partial charge in [0.1, 0.15) is 0 Å². The van der Waals surface area contributed by atoms with Crippen molar-refractivity contribution >= 4 is 28.1 Å². The lowest BCUT2D eigenvalue weighted by Crippen LogP contribution is -1.90. The zero-order chi connectivity index (χ0) is 17.8. The Hall–Kier alpha value is -2.20. The monoisotopic (exact) mass is 396 g/mol. The lowest BCUT2D eigenvalue weighted by atomic mass is 9.97. The van der Waals surface area contributed by atoms with Crippen molar-refractivity contribution in [1.82, 2.24) is 10.2 Å². The van der Waals surface area contributed by atoms with E-state index in [2.05, 4.69) is 77.2 Å². The van der Waals surface area contributed by atoms with Crippen LogP contribution in [-0.2, 0) is 6.42 Å². The first-order valence-corrected chi connectivity index (χ1v) is 9.16. The van der Waals surface area contributed by atoms with Gasteiger partial charge in [0.2, 0.25) is 11.8 Å². The molecule has 3 rings (SSSR count). The summed E-state index contributed by atoms with van der Waals surface area (Å²) in [5, 5.41) is 8.28. The molecule has 25 heavy (non-hydrogen) atoms. The van der Waals surface area contributed by atoms with E-state index in [-0.39, 0.29) is 0 Å². The minimum atomic E-state index is 0.472. The van der Waals surface area contributed by atoms with Crippen molar-refractivity contribution in [1.29, 1.82) is 0 Å². The van der Waals surface area contributed by atoms with Crippen LogP contribution in [0.3, 0.4) is 0 Å². The molecule has 128 valence electrons. The Morgan fingerprint density at radius 1 is 1.08 bits per heavy atom. The summed E-state index contributed by atoms with van der Waals surface area (Å²) in [6.45, 7) is 6.46. The maximum atomic E-state index is 5.76. The van der Waals surface area contributed by atoms with Crippen molar-refractivity contribution < 1.29 is 4.42 Å². The summed E-state index contributed by atoms with van der Waals surface area (Å²) in [6.07, 6.45) is 4.55. The van der Waals surface area contributed by atoms with E-state index in [4.69, 9.17) is 4.42 Å². The number of hydrogen-bond acceptors (Lipinski definition) is 3. The van der Waals surface area contributed by atoms with Gasteiger partial charge in [-0.15, -0.1) is 10.2 Å². The molecule has 0 N–H and O–H groups in total. The van der Waals surface area contributed by atoms with Gasteiger partial charge in [-0.05, 0) is 47.2 Å². The highest BCUT2D eigenvalue weighted by atomic mass is 79.9. The van der Waals surface area contributed by atoms with Gasteiger partial charge >= 0.3 is 0 Å². The summed E-state index contributed by atoms with van der Waals surface area (Å²) < 4.78 is 6.86.